The zero-order chi connectivity index (χ0) is 21.6. The van der Waals surface area contributed by atoms with Gasteiger partial charge < -0.3 is 22.1 Å². The van der Waals surface area contributed by atoms with Crippen LogP contribution in [-0.4, -0.2) is 53.9 Å². The molecule has 1 aliphatic heterocycles. The highest BCUT2D eigenvalue weighted by Gasteiger charge is 2.43. The molecular weight excluding hydrogens is 404 g/mol. The minimum Gasteiger partial charge on any atom is -0.370 e. The summed E-state index contributed by atoms with van der Waals surface area (Å²) in [5.74, 6) is -1.15. The average Bonchev–Trinajstić information content (AvgIpc) is 2.72. The number of aliphatic imine (C=N–C) groups is 1. The van der Waals surface area contributed by atoms with E-state index < -0.39 is 11.8 Å². The molecular formula is C21H31ClN6O2. The zero-order valence-corrected chi connectivity index (χ0v) is 18.0. The molecule has 1 spiro atoms. The van der Waals surface area contributed by atoms with E-state index in [1.165, 1.54) is 19.3 Å². The van der Waals surface area contributed by atoms with E-state index in [0.29, 0.717) is 17.3 Å². The lowest BCUT2D eigenvalue weighted by atomic mass is 9.73. The molecule has 1 saturated heterocycles. The predicted octanol–water partition coefficient (Wildman–Crippen LogP) is 1.84. The third-order valence-corrected chi connectivity index (χ3v) is 6.39. The van der Waals surface area contributed by atoms with Crippen LogP contribution in [0.4, 0.5) is 5.69 Å². The number of nitrogens with two attached hydrogens (primary N) is 2. The van der Waals surface area contributed by atoms with Crippen LogP contribution in [0.25, 0.3) is 0 Å². The van der Waals surface area contributed by atoms with Gasteiger partial charge in [0, 0.05) is 35.4 Å². The van der Waals surface area contributed by atoms with E-state index in [4.69, 9.17) is 23.1 Å². The van der Waals surface area contributed by atoms with Crippen LogP contribution in [0.5, 0.6) is 0 Å². The maximum Gasteiger partial charge on any atom is 0.313 e. The van der Waals surface area contributed by atoms with Crippen molar-refractivity contribution < 1.29 is 9.59 Å². The molecule has 1 unspecified atom stereocenters. The van der Waals surface area contributed by atoms with E-state index in [-0.39, 0.29) is 17.5 Å². The molecule has 1 aromatic rings. The summed E-state index contributed by atoms with van der Waals surface area (Å²) in [6, 6.07) is 6.64. The molecule has 1 aromatic carbocycles. The van der Waals surface area contributed by atoms with E-state index in [1.807, 2.05) is 0 Å². The lowest BCUT2D eigenvalue weighted by Gasteiger charge is -2.52. The molecule has 1 aliphatic carbocycles. The van der Waals surface area contributed by atoms with Crippen molar-refractivity contribution in [2.75, 3.05) is 25.0 Å². The lowest BCUT2D eigenvalue weighted by molar-refractivity contribution is -0.137. The standard InChI is InChI=1S/C21H31ClN6O2/c22-15-4-6-16(7-5-15)26-18(29)19(30)27-17-8-12-28(13-11-25-20(23)24)21(14-17)9-2-1-3-10-21/h4-7,17H,1-3,8-14H2,(H,26,29)(H,27,30)(H4,23,24,25). The first-order valence-corrected chi connectivity index (χ1v) is 10.9. The second-order valence-corrected chi connectivity index (χ2v) is 8.64. The van der Waals surface area contributed by atoms with Crippen molar-refractivity contribution in [2.24, 2.45) is 16.5 Å². The first-order chi connectivity index (χ1) is 14.4. The normalized spacial score (nSPS) is 21.0. The van der Waals surface area contributed by atoms with Gasteiger partial charge in [-0.25, -0.2) is 0 Å². The summed E-state index contributed by atoms with van der Waals surface area (Å²) in [6.45, 7) is 2.23. The Hall–Kier alpha value is -2.32. The summed E-state index contributed by atoms with van der Waals surface area (Å²) in [4.78, 5) is 31.4. The van der Waals surface area contributed by atoms with E-state index >= 15 is 0 Å². The largest absolute Gasteiger partial charge is 0.370 e. The van der Waals surface area contributed by atoms with Gasteiger partial charge in [0.15, 0.2) is 5.96 Å². The predicted molar refractivity (Wildman–Crippen MR) is 119 cm³/mol. The molecule has 3 rings (SSSR count). The number of amides is 2. The highest BCUT2D eigenvalue weighted by Crippen LogP contribution is 2.40. The van der Waals surface area contributed by atoms with E-state index in [0.717, 1.165) is 38.8 Å². The van der Waals surface area contributed by atoms with Gasteiger partial charge in [-0.05, 0) is 49.9 Å². The van der Waals surface area contributed by atoms with Gasteiger partial charge in [-0.15, -0.1) is 0 Å². The molecule has 164 valence electrons. The summed E-state index contributed by atoms with van der Waals surface area (Å²) in [5.41, 5.74) is 11.5. The Kier molecular flexibility index (Phi) is 7.55. The molecule has 2 fully saturated rings. The van der Waals surface area contributed by atoms with Gasteiger partial charge in [0.05, 0.1) is 6.54 Å². The average molecular weight is 435 g/mol. The van der Waals surface area contributed by atoms with Crippen molar-refractivity contribution in [1.82, 2.24) is 10.2 Å². The minimum absolute atomic E-state index is 0.0223. The number of benzene rings is 1. The van der Waals surface area contributed by atoms with Crippen LogP contribution in [0.1, 0.15) is 44.9 Å². The number of likely N-dealkylation sites (tertiary alicyclic amines) is 1. The molecule has 0 bridgehead atoms. The third-order valence-electron chi connectivity index (χ3n) is 6.14. The second kappa shape index (κ2) is 10.1. The number of hydrogen-bond acceptors (Lipinski definition) is 4. The SMILES string of the molecule is NC(N)=NCCN1CCC(NC(=O)C(=O)Nc2ccc(Cl)cc2)CC12CCCCC2. The monoisotopic (exact) mass is 434 g/mol. The zero-order valence-electron chi connectivity index (χ0n) is 17.2. The first kappa shape index (κ1) is 22.4. The molecule has 2 amide bonds. The fraction of sp³-hybridized carbons (Fsp3) is 0.571. The molecule has 1 saturated carbocycles. The molecule has 0 aromatic heterocycles. The fourth-order valence-electron chi connectivity index (χ4n) is 4.71. The highest BCUT2D eigenvalue weighted by molar-refractivity contribution is 6.39. The Morgan fingerprint density at radius 3 is 2.50 bits per heavy atom. The van der Waals surface area contributed by atoms with Gasteiger partial charge in [-0.2, -0.15) is 0 Å². The molecule has 9 heteroatoms. The van der Waals surface area contributed by atoms with Crippen molar-refractivity contribution in [3.05, 3.63) is 29.3 Å². The number of anilines is 1. The quantitative estimate of drug-likeness (QED) is 0.319. The van der Waals surface area contributed by atoms with Gasteiger partial charge >= 0.3 is 11.8 Å². The van der Waals surface area contributed by atoms with E-state index in [2.05, 4.69) is 20.5 Å². The van der Waals surface area contributed by atoms with Crippen LogP contribution in [0.2, 0.25) is 5.02 Å². The number of carbonyl (C=O) groups is 2. The molecule has 6 N–H and O–H groups in total. The van der Waals surface area contributed by atoms with Crippen LogP contribution in [0.15, 0.2) is 29.3 Å². The summed E-state index contributed by atoms with van der Waals surface area (Å²) >= 11 is 5.85. The fourth-order valence-corrected chi connectivity index (χ4v) is 4.84. The van der Waals surface area contributed by atoms with Gasteiger partial charge in [0.1, 0.15) is 0 Å². The van der Waals surface area contributed by atoms with Gasteiger partial charge in [-0.3, -0.25) is 19.5 Å². The Labute approximate surface area is 182 Å². The summed E-state index contributed by atoms with van der Waals surface area (Å²) in [7, 11) is 0. The number of hydrogen-bond donors (Lipinski definition) is 4. The summed E-state index contributed by atoms with van der Waals surface area (Å²) in [6.07, 6.45) is 7.42. The van der Waals surface area contributed by atoms with E-state index in [1.54, 1.807) is 24.3 Å². The van der Waals surface area contributed by atoms with Gasteiger partial charge in [0.2, 0.25) is 0 Å². The van der Waals surface area contributed by atoms with Gasteiger partial charge in [0.25, 0.3) is 0 Å². The Morgan fingerprint density at radius 2 is 1.83 bits per heavy atom. The summed E-state index contributed by atoms with van der Waals surface area (Å²) in [5, 5.41) is 6.13. The number of nitrogens with zero attached hydrogens (tertiary/aromatic N) is 2. The maximum absolute atomic E-state index is 12.5. The van der Waals surface area contributed by atoms with Crippen molar-refractivity contribution in [2.45, 2.75) is 56.5 Å². The molecule has 2 aliphatic rings. The Bertz CT molecular complexity index is 772. The maximum atomic E-state index is 12.5. The smallest absolute Gasteiger partial charge is 0.313 e. The second-order valence-electron chi connectivity index (χ2n) is 8.20. The molecule has 1 atom stereocenters. The van der Waals surface area contributed by atoms with Crippen molar-refractivity contribution in [3.63, 3.8) is 0 Å². The number of rotatable bonds is 5. The van der Waals surface area contributed by atoms with Crippen LogP contribution >= 0.6 is 11.6 Å². The van der Waals surface area contributed by atoms with Crippen LogP contribution in [0, 0.1) is 0 Å². The number of carbonyl (C=O) groups excluding carboxylic acids is 2. The third kappa shape index (κ3) is 5.86. The number of guanidine groups is 1. The molecule has 1 heterocycles. The molecule has 30 heavy (non-hydrogen) atoms. The number of piperidine rings is 1. The molecule has 0 radical (unpaired) electrons. The summed E-state index contributed by atoms with van der Waals surface area (Å²) < 4.78 is 0. The van der Waals surface area contributed by atoms with Crippen molar-refractivity contribution >= 4 is 35.1 Å². The Morgan fingerprint density at radius 1 is 1.13 bits per heavy atom. The highest BCUT2D eigenvalue weighted by atomic mass is 35.5. The van der Waals surface area contributed by atoms with Crippen molar-refractivity contribution in [3.8, 4) is 0 Å². The Balaban J connectivity index is 1.58. The van der Waals surface area contributed by atoms with Gasteiger partial charge in [-0.1, -0.05) is 30.9 Å². The van der Waals surface area contributed by atoms with Crippen molar-refractivity contribution in [1.29, 1.82) is 0 Å². The van der Waals surface area contributed by atoms with Crippen LogP contribution < -0.4 is 22.1 Å². The van der Waals surface area contributed by atoms with E-state index in [9.17, 15) is 9.59 Å². The first-order valence-electron chi connectivity index (χ1n) is 10.6. The van der Waals surface area contributed by atoms with Crippen LogP contribution in [0.3, 0.4) is 0 Å². The number of halogens is 1. The topological polar surface area (TPSA) is 126 Å². The molecule has 8 nitrogen and oxygen atoms in total. The lowest BCUT2D eigenvalue weighted by Crippen LogP contribution is -2.60. The van der Waals surface area contributed by atoms with Crippen LogP contribution in [-0.2, 0) is 9.59 Å². The minimum atomic E-state index is -0.662. The number of nitrogens with one attached hydrogen (secondary N) is 2.